The van der Waals surface area contributed by atoms with Gasteiger partial charge < -0.3 is 9.88 Å². The summed E-state index contributed by atoms with van der Waals surface area (Å²) in [5.74, 6) is 0. The van der Waals surface area contributed by atoms with Crippen molar-refractivity contribution >= 4 is 26.6 Å². The normalized spacial score (nSPS) is 14.2. The molecule has 7 nitrogen and oxygen atoms in total. The zero-order valence-corrected chi connectivity index (χ0v) is 16.6. The Morgan fingerprint density at radius 2 is 2.00 bits per heavy atom. The molecule has 1 aliphatic heterocycles. The number of nitrogens with one attached hydrogen (secondary N) is 1. The molecule has 0 aliphatic carbocycles. The number of hydrogen-bond acceptors (Lipinski definition) is 6. The zero-order chi connectivity index (χ0) is 20.0. The number of benzene rings is 1. The minimum Gasteiger partial charge on any atom is -0.366 e. The van der Waals surface area contributed by atoms with Gasteiger partial charge in [-0.05, 0) is 24.3 Å². The van der Waals surface area contributed by atoms with Crippen LogP contribution in [0.15, 0.2) is 60.0 Å². The first-order chi connectivity index (χ1) is 14.0. The molecule has 1 N–H and O–H groups in total. The molecule has 0 amide bonds. The van der Waals surface area contributed by atoms with Crippen molar-refractivity contribution in [1.29, 1.82) is 0 Å². The van der Waals surface area contributed by atoms with E-state index in [0.29, 0.717) is 6.54 Å². The molecule has 0 fully saturated rings. The lowest BCUT2D eigenvalue weighted by atomic mass is 9.99. The predicted octanol–water partition coefficient (Wildman–Crippen LogP) is 2.99. The molecule has 0 bridgehead atoms. The molecule has 0 saturated carbocycles. The Labute approximate surface area is 168 Å². The first-order valence-electron chi connectivity index (χ1n) is 9.31. The van der Waals surface area contributed by atoms with Crippen molar-refractivity contribution in [2.24, 2.45) is 0 Å². The van der Waals surface area contributed by atoms with E-state index in [1.165, 1.54) is 6.26 Å². The zero-order valence-electron chi connectivity index (χ0n) is 15.8. The fraction of sp³-hybridized carbons (Fsp3) is 0.190. The number of aromatic nitrogens is 4. The Morgan fingerprint density at radius 1 is 1.10 bits per heavy atom. The van der Waals surface area contributed by atoms with Gasteiger partial charge in [0.15, 0.2) is 9.84 Å². The summed E-state index contributed by atoms with van der Waals surface area (Å²) in [6.07, 6.45) is 7.28. The highest BCUT2D eigenvalue weighted by Crippen LogP contribution is 2.33. The van der Waals surface area contributed by atoms with Crippen LogP contribution in [-0.4, -0.2) is 41.2 Å². The summed E-state index contributed by atoms with van der Waals surface area (Å²) in [6, 6.07) is 11.0. The van der Waals surface area contributed by atoms with E-state index in [1.807, 2.05) is 30.6 Å². The van der Waals surface area contributed by atoms with Gasteiger partial charge in [0, 0.05) is 60.4 Å². The van der Waals surface area contributed by atoms with Gasteiger partial charge in [0.2, 0.25) is 0 Å². The van der Waals surface area contributed by atoms with Gasteiger partial charge in [0.05, 0.1) is 16.3 Å². The van der Waals surface area contributed by atoms with Crippen molar-refractivity contribution in [2.75, 3.05) is 17.7 Å². The second-order valence-corrected chi connectivity index (χ2v) is 9.20. The van der Waals surface area contributed by atoms with Crippen LogP contribution in [0, 0.1) is 0 Å². The fourth-order valence-electron chi connectivity index (χ4n) is 3.89. The second-order valence-electron chi connectivity index (χ2n) is 7.19. The summed E-state index contributed by atoms with van der Waals surface area (Å²) < 4.78 is 24.0. The smallest absolute Gasteiger partial charge is 0.175 e. The maximum atomic E-state index is 12.0. The summed E-state index contributed by atoms with van der Waals surface area (Å²) >= 11 is 0. The highest BCUT2D eigenvalue weighted by atomic mass is 32.2. The van der Waals surface area contributed by atoms with Crippen molar-refractivity contribution in [1.82, 2.24) is 19.9 Å². The third kappa shape index (κ3) is 3.15. The lowest BCUT2D eigenvalue weighted by Gasteiger charge is -2.31. The number of pyridine rings is 1. The molecule has 4 aromatic rings. The van der Waals surface area contributed by atoms with E-state index in [1.54, 1.807) is 24.5 Å². The van der Waals surface area contributed by atoms with Crippen LogP contribution in [0.3, 0.4) is 0 Å². The van der Waals surface area contributed by atoms with Gasteiger partial charge in [0.25, 0.3) is 0 Å². The van der Waals surface area contributed by atoms with E-state index in [2.05, 4.69) is 24.8 Å². The van der Waals surface area contributed by atoms with Crippen LogP contribution in [0.5, 0.6) is 0 Å². The minimum atomic E-state index is -3.29. The summed E-state index contributed by atoms with van der Waals surface area (Å²) in [5, 5.41) is 1.08. The SMILES string of the molecule is CS(=O)(=O)c1cccc(-c2ncnc3c2CN(c2ccnc4[nH]ccc24)CC3)c1. The lowest BCUT2D eigenvalue weighted by Crippen LogP contribution is -2.31. The average Bonchev–Trinajstić information content (AvgIpc) is 3.21. The van der Waals surface area contributed by atoms with Crippen LogP contribution < -0.4 is 4.90 Å². The van der Waals surface area contributed by atoms with Crippen molar-refractivity contribution in [3.05, 3.63) is 66.4 Å². The Morgan fingerprint density at radius 3 is 2.86 bits per heavy atom. The number of aromatic amines is 1. The third-order valence-electron chi connectivity index (χ3n) is 5.32. The molecular weight excluding hydrogens is 386 g/mol. The van der Waals surface area contributed by atoms with Crippen LogP contribution in [0.4, 0.5) is 5.69 Å². The predicted molar refractivity (Wildman–Crippen MR) is 111 cm³/mol. The molecule has 29 heavy (non-hydrogen) atoms. The Bertz CT molecular complexity index is 1330. The third-order valence-corrected chi connectivity index (χ3v) is 6.43. The molecule has 0 radical (unpaired) electrons. The van der Waals surface area contributed by atoms with Gasteiger partial charge >= 0.3 is 0 Å². The van der Waals surface area contributed by atoms with E-state index < -0.39 is 9.84 Å². The molecule has 5 rings (SSSR count). The topological polar surface area (TPSA) is 91.8 Å². The Balaban J connectivity index is 1.59. The summed E-state index contributed by atoms with van der Waals surface area (Å²) in [7, 11) is -3.29. The summed E-state index contributed by atoms with van der Waals surface area (Å²) in [5.41, 5.74) is 5.58. The van der Waals surface area contributed by atoms with Crippen molar-refractivity contribution in [2.45, 2.75) is 17.9 Å². The highest BCUT2D eigenvalue weighted by molar-refractivity contribution is 7.90. The molecule has 146 valence electrons. The van der Waals surface area contributed by atoms with Crippen LogP contribution >= 0.6 is 0 Å². The van der Waals surface area contributed by atoms with E-state index >= 15 is 0 Å². The maximum absolute atomic E-state index is 12.0. The quantitative estimate of drug-likeness (QED) is 0.563. The van der Waals surface area contributed by atoms with E-state index in [9.17, 15) is 8.42 Å². The van der Waals surface area contributed by atoms with E-state index in [0.717, 1.165) is 52.2 Å². The molecule has 1 aromatic carbocycles. The van der Waals surface area contributed by atoms with Crippen LogP contribution in [0.1, 0.15) is 11.3 Å². The van der Waals surface area contributed by atoms with Crippen molar-refractivity contribution < 1.29 is 8.42 Å². The minimum absolute atomic E-state index is 0.290. The number of nitrogens with zero attached hydrogens (tertiary/aromatic N) is 4. The first-order valence-corrected chi connectivity index (χ1v) is 11.2. The summed E-state index contributed by atoms with van der Waals surface area (Å²) in [6.45, 7) is 1.50. The van der Waals surface area contributed by atoms with Crippen molar-refractivity contribution in [3.63, 3.8) is 0 Å². The summed E-state index contributed by atoms with van der Waals surface area (Å²) in [4.78, 5) is 19.1. The second kappa shape index (κ2) is 6.66. The van der Waals surface area contributed by atoms with Crippen LogP contribution in [0.2, 0.25) is 0 Å². The molecule has 3 aromatic heterocycles. The molecule has 8 heteroatoms. The Hall–Kier alpha value is -3.26. The van der Waals surface area contributed by atoms with Gasteiger partial charge in [-0.1, -0.05) is 12.1 Å². The largest absolute Gasteiger partial charge is 0.366 e. The number of fused-ring (bicyclic) bond motifs is 2. The number of anilines is 1. The number of hydrogen-bond donors (Lipinski definition) is 1. The van der Waals surface area contributed by atoms with Crippen LogP contribution in [-0.2, 0) is 22.8 Å². The number of H-pyrrole nitrogens is 1. The number of sulfone groups is 1. The maximum Gasteiger partial charge on any atom is 0.175 e. The standard InChI is InChI=1S/C21H19N5O2S/c1-29(27,28)15-4-2-3-14(11-15)20-17-12-26(10-7-18(17)24-13-25-20)19-6-9-23-21-16(19)5-8-22-21/h2-6,8-9,11,13H,7,10,12H2,1H3,(H,22,23). The monoisotopic (exact) mass is 405 g/mol. The van der Waals surface area contributed by atoms with E-state index in [4.69, 9.17) is 0 Å². The highest BCUT2D eigenvalue weighted by Gasteiger charge is 2.23. The molecule has 0 atom stereocenters. The van der Waals surface area contributed by atoms with Crippen LogP contribution in [0.25, 0.3) is 22.3 Å². The first kappa shape index (κ1) is 17.8. The van der Waals surface area contributed by atoms with Gasteiger partial charge in [-0.15, -0.1) is 0 Å². The Kier molecular flexibility index (Phi) is 4.09. The van der Waals surface area contributed by atoms with Crippen molar-refractivity contribution in [3.8, 4) is 11.3 Å². The molecular formula is C21H19N5O2S. The van der Waals surface area contributed by atoms with E-state index in [-0.39, 0.29) is 4.90 Å². The van der Waals surface area contributed by atoms with Gasteiger partial charge in [0.1, 0.15) is 12.0 Å². The number of rotatable bonds is 3. The molecule has 0 saturated heterocycles. The molecule has 0 unspecified atom stereocenters. The van der Waals surface area contributed by atoms with Gasteiger partial charge in [-0.2, -0.15) is 0 Å². The van der Waals surface area contributed by atoms with Gasteiger partial charge in [-0.25, -0.2) is 23.4 Å². The molecule has 4 heterocycles. The fourth-order valence-corrected chi connectivity index (χ4v) is 4.56. The average molecular weight is 405 g/mol. The lowest BCUT2D eigenvalue weighted by molar-refractivity contribution is 0.602. The molecule has 1 aliphatic rings. The van der Waals surface area contributed by atoms with Gasteiger partial charge in [-0.3, -0.25) is 0 Å². The molecule has 0 spiro atoms.